The highest BCUT2D eigenvalue weighted by Gasteiger charge is 2.27. The summed E-state index contributed by atoms with van der Waals surface area (Å²) in [6.07, 6.45) is 3.40. The van der Waals surface area contributed by atoms with Crippen LogP contribution in [0.2, 0.25) is 0 Å². The van der Waals surface area contributed by atoms with Crippen LogP contribution in [0.4, 0.5) is 11.6 Å². The van der Waals surface area contributed by atoms with Gasteiger partial charge in [0, 0.05) is 18.5 Å². The molecule has 1 fully saturated rings. The van der Waals surface area contributed by atoms with E-state index >= 15 is 0 Å². The Balaban J connectivity index is 1.68. The van der Waals surface area contributed by atoms with E-state index in [1.807, 2.05) is 6.07 Å². The third kappa shape index (κ3) is 3.42. The van der Waals surface area contributed by atoms with Crippen molar-refractivity contribution in [2.75, 3.05) is 30.5 Å². The summed E-state index contributed by atoms with van der Waals surface area (Å²) in [7, 11) is 1.74. The molecule has 132 valence electrons. The van der Waals surface area contributed by atoms with Crippen molar-refractivity contribution < 1.29 is 9.37 Å². The van der Waals surface area contributed by atoms with Crippen molar-refractivity contribution in [2.24, 2.45) is 0 Å². The van der Waals surface area contributed by atoms with Crippen molar-refractivity contribution in [1.29, 1.82) is 0 Å². The highest BCUT2D eigenvalue weighted by atomic mass is 32.1. The van der Waals surface area contributed by atoms with Crippen molar-refractivity contribution in [3.8, 4) is 0 Å². The van der Waals surface area contributed by atoms with Crippen LogP contribution in [0.25, 0.3) is 11.3 Å². The largest absolute Gasteiger partial charge is 0.383 e. The smallest absolute Gasteiger partial charge is 0.245 e. The average Bonchev–Trinajstić information content (AvgIpc) is 3.31. The van der Waals surface area contributed by atoms with Crippen LogP contribution in [-0.2, 0) is 11.3 Å². The minimum Gasteiger partial charge on any atom is -0.383 e. The van der Waals surface area contributed by atoms with Crippen LogP contribution in [0.5, 0.6) is 0 Å². The van der Waals surface area contributed by atoms with Gasteiger partial charge in [-0.2, -0.15) is 0 Å². The summed E-state index contributed by atoms with van der Waals surface area (Å²) >= 11 is 1.71. The summed E-state index contributed by atoms with van der Waals surface area (Å²) in [4.78, 5) is 12.8. The molecule has 0 radical (unpaired) electrons. The molecule has 1 aliphatic heterocycles. The van der Waals surface area contributed by atoms with Crippen LogP contribution in [-0.4, -0.2) is 46.6 Å². The molecule has 25 heavy (non-hydrogen) atoms. The lowest BCUT2D eigenvalue weighted by Crippen LogP contribution is -2.43. The number of anilines is 2. The zero-order valence-corrected chi connectivity index (χ0v) is 14.8. The van der Waals surface area contributed by atoms with Crippen molar-refractivity contribution >= 4 is 34.3 Å². The normalized spacial score (nSPS) is 18.0. The Bertz CT molecular complexity index is 819. The molecule has 1 unspecified atom stereocenters. The number of nitrogens with zero attached hydrogens (tertiary/aromatic N) is 5. The van der Waals surface area contributed by atoms with Gasteiger partial charge in [0.05, 0.1) is 19.2 Å². The molecule has 8 nitrogen and oxygen atoms in total. The fourth-order valence-electron chi connectivity index (χ4n) is 3.18. The fourth-order valence-corrected chi connectivity index (χ4v) is 3.82. The number of thiophene rings is 1. The van der Waals surface area contributed by atoms with E-state index in [0.717, 1.165) is 25.2 Å². The van der Waals surface area contributed by atoms with Crippen molar-refractivity contribution in [3.05, 3.63) is 22.4 Å². The number of rotatable bonds is 6. The summed E-state index contributed by atoms with van der Waals surface area (Å²) in [5, 5.41) is 13.1. The van der Waals surface area contributed by atoms with Gasteiger partial charge < -0.3 is 15.0 Å². The van der Waals surface area contributed by atoms with Gasteiger partial charge in [-0.15, -0.1) is 11.3 Å². The van der Waals surface area contributed by atoms with E-state index in [0.29, 0.717) is 30.3 Å². The van der Waals surface area contributed by atoms with Gasteiger partial charge in [-0.1, -0.05) is 6.07 Å². The topological polar surface area (TPSA) is 89.2 Å². The molecule has 0 amide bonds. The average molecular weight is 360 g/mol. The number of aromatic nitrogens is 4. The minimum absolute atomic E-state index is 0.285. The molecule has 0 saturated carbocycles. The highest BCUT2D eigenvalue weighted by molar-refractivity contribution is 7.09. The van der Waals surface area contributed by atoms with Crippen LogP contribution in [0.1, 0.15) is 24.1 Å². The van der Waals surface area contributed by atoms with Crippen molar-refractivity contribution in [1.82, 2.24) is 20.3 Å². The molecule has 4 heterocycles. The predicted molar refractivity (Wildman–Crippen MR) is 95.9 cm³/mol. The van der Waals surface area contributed by atoms with Gasteiger partial charge in [-0.25, -0.2) is 14.6 Å². The van der Waals surface area contributed by atoms with Gasteiger partial charge in [0.1, 0.15) is 0 Å². The predicted octanol–water partition coefficient (Wildman–Crippen LogP) is 2.69. The van der Waals surface area contributed by atoms with Crippen molar-refractivity contribution in [3.63, 3.8) is 0 Å². The zero-order chi connectivity index (χ0) is 17.1. The summed E-state index contributed by atoms with van der Waals surface area (Å²) in [6, 6.07) is 4.42. The standard InChI is InChI=1S/C16H20N6O2S/c1-23-10-11-5-2-3-7-22(11)16-15(17-9-12-6-4-8-25-12)18-13-14(19-16)21-24-20-13/h4,6,8,11H,2-3,5,7,9-10H2,1H3,(H,17,18,20). The quantitative estimate of drug-likeness (QED) is 0.718. The molecular formula is C16H20N6O2S. The monoisotopic (exact) mass is 360 g/mol. The number of methoxy groups -OCH3 is 1. The molecule has 1 saturated heterocycles. The Morgan fingerprint density at radius 3 is 3.00 bits per heavy atom. The molecule has 0 aliphatic carbocycles. The van der Waals surface area contributed by atoms with Gasteiger partial charge in [0.25, 0.3) is 0 Å². The maximum Gasteiger partial charge on any atom is 0.245 e. The summed E-state index contributed by atoms with van der Waals surface area (Å²) in [5.74, 6) is 1.50. The van der Waals surface area contributed by atoms with Crippen LogP contribution in [0.15, 0.2) is 22.1 Å². The van der Waals surface area contributed by atoms with Gasteiger partial charge in [0.15, 0.2) is 11.6 Å². The SMILES string of the molecule is COCC1CCCCN1c1nc2nonc2nc1NCc1cccs1. The van der Waals surface area contributed by atoms with E-state index in [2.05, 4.69) is 41.9 Å². The first-order chi connectivity index (χ1) is 12.3. The second kappa shape index (κ2) is 7.32. The number of hydrogen-bond acceptors (Lipinski definition) is 9. The molecule has 1 aliphatic rings. The zero-order valence-electron chi connectivity index (χ0n) is 14.0. The van der Waals surface area contributed by atoms with E-state index in [1.165, 1.54) is 11.3 Å². The number of fused-ring (bicyclic) bond motifs is 1. The molecule has 0 aromatic carbocycles. The lowest BCUT2D eigenvalue weighted by Gasteiger charge is -2.36. The van der Waals surface area contributed by atoms with E-state index in [9.17, 15) is 0 Å². The molecular weight excluding hydrogens is 340 g/mol. The molecule has 1 N–H and O–H groups in total. The van der Waals surface area contributed by atoms with Crippen LogP contribution >= 0.6 is 11.3 Å². The molecule has 0 spiro atoms. The Labute approximate surface area is 149 Å². The lowest BCUT2D eigenvalue weighted by atomic mass is 10.0. The lowest BCUT2D eigenvalue weighted by molar-refractivity contribution is 0.166. The van der Waals surface area contributed by atoms with E-state index < -0.39 is 0 Å². The van der Waals surface area contributed by atoms with Gasteiger partial charge in [0.2, 0.25) is 11.3 Å². The fraction of sp³-hybridized carbons (Fsp3) is 0.500. The Hall–Kier alpha value is -2.26. The van der Waals surface area contributed by atoms with Gasteiger partial charge >= 0.3 is 0 Å². The molecule has 1 atom stereocenters. The summed E-state index contributed by atoms with van der Waals surface area (Å²) < 4.78 is 10.2. The minimum atomic E-state index is 0.285. The Morgan fingerprint density at radius 1 is 1.32 bits per heavy atom. The van der Waals surface area contributed by atoms with Crippen LogP contribution < -0.4 is 10.2 Å². The van der Waals surface area contributed by atoms with Crippen LogP contribution in [0.3, 0.4) is 0 Å². The first-order valence-corrected chi connectivity index (χ1v) is 9.25. The summed E-state index contributed by atoms with van der Waals surface area (Å²) in [6.45, 7) is 2.28. The number of ether oxygens (including phenoxy) is 1. The maximum absolute atomic E-state index is 5.41. The summed E-state index contributed by atoms with van der Waals surface area (Å²) in [5.41, 5.74) is 0.844. The second-order valence-corrected chi connectivity index (χ2v) is 7.07. The van der Waals surface area contributed by atoms with Crippen molar-refractivity contribution in [2.45, 2.75) is 31.8 Å². The third-order valence-electron chi connectivity index (χ3n) is 4.36. The van der Waals surface area contributed by atoms with Crippen LogP contribution in [0, 0.1) is 0 Å². The third-order valence-corrected chi connectivity index (χ3v) is 5.24. The van der Waals surface area contributed by atoms with Gasteiger partial charge in [-0.3, -0.25) is 0 Å². The number of piperidine rings is 1. The van der Waals surface area contributed by atoms with E-state index in [1.54, 1.807) is 18.4 Å². The maximum atomic E-state index is 5.41. The number of hydrogen-bond donors (Lipinski definition) is 1. The molecule has 9 heteroatoms. The molecule has 0 bridgehead atoms. The number of nitrogens with one attached hydrogen (secondary N) is 1. The molecule has 4 rings (SSSR count). The van der Waals surface area contributed by atoms with Gasteiger partial charge in [-0.05, 0) is 41.0 Å². The Morgan fingerprint density at radius 2 is 2.20 bits per heavy atom. The first kappa shape index (κ1) is 16.2. The highest BCUT2D eigenvalue weighted by Crippen LogP contribution is 2.30. The van der Waals surface area contributed by atoms with E-state index in [-0.39, 0.29) is 6.04 Å². The first-order valence-electron chi connectivity index (χ1n) is 8.37. The van der Waals surface area contributed by atoms with E-state index in [4.69, 9.17) is 9.37 Å². The Kier molecular flexibility index (Phi) is 4.75. The second-order valence-electron chi connectivity index (χ2n) is 6.04. The molecule has 3 aromatic rings. The molecule has 3 aromatic heterocycles.